The van der Waals surface area contributed by atoms with Crippen LogP contribution in [0.5, 0.6) is 0 Å². The standard InChI is InChI=1S/C8H10BrN/c1-2-7-3-4-10-8(5-7)6-9/h3-5H,2,6H2,1H3. The van der Waals surface area contributed by atoms with E-state index in [4.69, 9.17) is 0 Å². The fourth-order valence-electron chi connectivity index (χ4n) is 0.821. The van der Waals surface area contributed by atoms with Crippen molar-refractivity contribution >= 4 is 15.9 Å². The number of nitrogens with zero attached hydrogens (tertiary/aromatic N) is 1. The lowest BCUT2D eigenvalue weighted by molar-refractivity contribution is 1.08. The summed E-state index contributed by atoms with van der Waals surface area (Å²) in [5.41, 5.74) is 2.46. The smallest absolute Gasteiger partial charge is 0.0511 e. The third-order valence-electron chi connectivity index (χ3n) is 1.43. The molecule has 0 bridgehead atoms. The van der Waals surface area contributed by atoms with Crippen LogP contribution in [0, 0.1) is 0 Å². The number of hydrogen-bond donors (Lipinski definition) is 0. The average molecular weight is 200 g/mol. The van der Waals surface area contributed by atoms with E-state index in [0.29, 0.717) is 0 Å². The molecule has 1 rings (SSSR count). The van der Waals surface area contributed by atoms with Crippen molar-refractivity contribution in [3.05, 3.63) is 29.6 Å². The first-order valence-electron chi connectivity index (χ1n) is 3.36. The second-order valence-electron chi connectivity index (χ2n) is 2.14. The van der Waals surface area contributed by atoms with Gasteiger partial charge in [0, 0.05) is 11.5 Å². The molecule has 10 heavy (non-hydrogen) atoms. The van der Waals surface area contributed by atoms with Gasteiger partial charge >= 0.3 is 0 Å². The van der Waals surface area contributed by atoms with Crippen molar-refractivity contribution in [3.8, 4) is 0 Å². The Hall–Kier alpha value is -0.370. The molecule has 0 spiro atoms. The molecule has 0 radical (unpaired) electrons. The van der Waals surface area contributed by atoms with E-state index in [1.165, 1.54) is 5.56 Å². The SMILES string of the molecule is CCc1ccnc(CBr)c1. The molecule has 0 aliphatic heterocycles. The van der Waals surface area contributed by atoms with E-state index in [0.717, 1.165) is 17.4 Å². The quantitative estimate of drug-likeness (QED) is 0.668. The van der Waals surface area contributed by atoms with Crippen molar-refractivity contribution in [2.75, 3.05) is 0 Å². The van der Waals surface area contributed by atoms with Crippen LogP contribution in [0.2, 0.25) is 0 Å². The van der Waals surface area contributed by atoms with Gasteiger partial charge in [-0.2, -0.15) is 0 Å². The Balaban J connectivity index is 2.87. The van der Waals surface area contributed by atoms with E-state index in [1.54, 1.807) is 0 Å². The Kier molecular flexibility index (Phi) is 2.87. The molecule has 1 aromatic heterocycles. The van der Waals surface area contributed by atoms with Crippen LogP contribution in [0.25, 0.3) is 0 Å². The number of hydrogen-bond acceptors (Lipinski definition) is 1. The Morgan fingerprint density at radius 1 is 1.60 bits per heavy atom. The zero-order chi connectivity index (χ0) is 7.40. The van der Waals surface area contributed by atoms with Crippen LogP contribution in [0.1, 0.15) is 18.2 Å². The molecule has 54 valence electrons. The molecule has 0 fully saturated rings. The van der Waals surface area contributed by atoms with Gasteiger partial charge in [-0.05, 0) is 24.1 Å². The molecule has 0 atom stereocenters. The molecule has 0 saturated carbocycles. The predicted octanol–water partition coefficient (Wildman–Crippen LogP) is 2.54. The lowest BCUT2D eigenvalue weighted by atomic mass is 10.2. The monoisotopic (exact) mass is 199 g/mol. The summed E-state index contributed by atoms with van der Waals surface area (Å²) in [6.07, 6.45) is 2.94. The summed E-state index contributed by atoms with van der Waals surface area (Å²) in [6.45, 7) is 2.15. The number of aromatic nitrogens is 1. The molecule has 0 saturated heterocycles. The number of halogens is 1. The Morgan fingerprint density at radius 3 is 3.00 bits per heavy atom. The lowest BCUT2D eigenvalue weighted by Gasteiger charge is -1.96. The van der Waals surface area contributed by atoms with Crippen molar-refractivity contribution in [2.45, 2.75) is 18.7 Å². The molecular formula is C8H10BrN. The molecule has 2 heteroatoms. The van der Waals surface area contributed by atoms with Gasteiger partial charge in [-0.3, -0.25) is 4.98 Å². The van der Waals surface area contributed by atoms with Crippen LogP contribution < -0.4 is 0 Å². The molecule has 0 aliphatic rings. The van der Waals surface area contributed by atoms with Gasteiger partial charge in [-0.15, -0.1) is 0 Å². The summed E-state index contributed by atoms with van der Waals surface area (Å²) in [4.78, 5) is 4.16. The van der Waals surface area contributed by atoms with Gasteiger partial charge in [0.25, 0.3) is 0 Å². The highest BCUT2D eigenvalue weighted by molar-refractivity contribution is 9.08. The topological polar surface area (TPSA) is 12.9 Å². The van der Waals surface area contributed by atoms with Gasteiger partial charge in [0.2, 0.25) is 0 Å². The summed E-state index contributed by atoms with van der Waals surface area (Å²) < 4.78 is 0. The summed E-state index contributed by atoms with van der Waals surface area (Å²) in [7, 11) is 0. The highest BCUT2D eigenvalue weighted by Gasteiger charge is 1.91. The van der Waals surface area contributed by atoms with Gasteiger partial charge < -0.3 is 0 Å². The molecule has 0 aliphatic carbocycles. The van der Waals surface area contributed by atoms with E-state index in [-0.39, 0.29) is 0 Å². The fourth-order valence-corrected chi connectivity index (χ4v) is 1.13. The second-order valence-corrected chi connectivity index (χ2v) is 2.70. The van der Waals surface area contributed by atoms with Crippen molar-refractivity contribution in [1.29, 1.82) is 0 Å². The molecule has 1 nitrogen and oxygen atoms in total. The summed E-state index contributed by atoms with van der Waals surface area (Å²) in [5, 5.41) is 0.848. The van der Waals surface area contributed by atoms with Crippen LogP contribution in [0.15, 0.2) is 18.3 Å². The summed E-state index contributed by atoms with van der Waals surface area (Å²) in [6, 6.07) is 4.17. The van der Waals surface area contributed by atoms with E-state index < -0.39 is 0 Å². The number of aryl methyl sites for hydroxylation is 1. The summed E-state index contributed by atoms with van der Waals surface area (Å²) in [5.74, 6) is 0. The molecule has 0 aromatic carbocycles. The van der Waals surface area contributed by atoms with E-state index >= 15 is 0 Å². The molecule has 0 amide bonds. The van der Waals surface area contributed by atoms with Crippen molar-refractivity contribution in [2.24, 2.45) is 0 Å². The van der Waals surface area contributed by atoms with Gasteiger partial charge in [-0.25, -0.2) is 0 Å². The maximum Gasteiger partial charge on any atom is 0.0511 e. The third-order valence-corrected chi connectivity index (χ3v) is 2.00. The van der Waals surface area contributed by atoms with E-state index in [9.17, 15) is 0 Å². The number of pyridine rings is 1. The van der Waals surface area contributed by atoms with Gasteiger partial charge in [0.15, 0.2) is 0 Å². The minimum atomic E-state index is 0.848. The number of alkyl halides is 1. The minimum Gasteiger partial charge on any atom is -0.260 e. The molecule has 0 N–H and O–H groups in total. The summed E-state index contributed by atoms with van der Waals surface area (Å²) >= 11 is 3.36. The second kappa shape index (κ2) is 3.71. The Morgan fingerprint density at radius 2 is 2.40 bits per heavy atom. The van der Waals surface area contributed by atoms with Crippen LogP contribution in [0.3, 0.4) is 0 Å². The van der Waals surface area contributed by atoms with Gasteiger partial charge in [0.1, 0.15) is 0 Å². The molecular weight excluding hydrogens is 190 g/mol. The molecule has 1 aromatic rings. The first-order valence-corrected chi connectivity index (χ1v) is 4.48. The predicted molar refractivity (Wildman–Crippen MR) is 46.2 cm³/mol. The first-order chi connectivity index (χ1) is 4.86. The van der Waals surface area contributed by atoms with Crippen LogP contribution in [0.4, 0.5) is 0 Å². The molecule has 1 heterocycles. The van der Waals surface area contributed by atoms with Gasteiger partial charge in [0.05, 0.1) is 5.69 Å². The molecule has 0 unspecified atom stereocenters. The zero-order valence-corrected chi connectivity index (χ0v) is 7.56. The Labute approximate surface area is 69.6 Å². The van der Waals surface area contributed by atoms with Crippen molar-refractivity contribution in [3.63, 3.8) is 0 Å². The maximum atomic E-state index is 4.16. The van der Waals surface area contributed by atoms with Crippen LogP contribution >= 0.6 is 15.9 Å². The first kappa shape index (κ1) is 7.73. The van der Waals surface area contributed by atoms with Crippen molar-refractivity contribution < 1.29 is 0 Å². The van der Waals surface area contributed by atoms with Crippen LogP contribution in [-0.2, 0) is 11.8 Å². The number of rotatable bonds is 2. The highest BCUT2D eigenvalue weighted by atomic mass is 79.9. The van der Waals surface area contributed by atoms with E-state index in [1.807, 2.05) is 12.3 Å². The van der Waals surface area contributed by atoms with Gasteiger partial charge in [-0.1, -0.05) is 22.9 Å². The fraction of sp³-hybridized carbons (Fsp3) is 0.375. The third kappa shape index (κ3) is 1.81. The highest BCUT2D eigenvalue weighted by Crippen LogP contribution is 2.05. The minimum absolute atomic E-state index is 0.848. The van der Waals surface area contributed by atoms with Crippen molar-refractivity contribution in [1.82, 2.24) is 4.98 Å². The normalized spacial score (nSPS) is 9.80. The maximum absolute atomic E-state index is 4.16. The van der Waals surface area contributed by atoms with E-state index in [2.05, 4.69) is 33.9 Å². The average Bonchev–Trinajstić information content (AvgIpc) is 2.05. The zero-order valence-electron chi connectivity index (χ0n) is 5.97. The van der Waals surface area contributed by atoms with Crippen LogP contribution in [-0.4, -0.2) is 4.98 Å². The largest absolute Gasteiger partial charge is 0.260 e. The Bertz CT molecular complexity index is 191. The lowest BCUT2D eigenvalue weighted by Crippen LogP contribution is -1.86.